The quantitative estimate of drug-likeness (QED) is 0.489. The summed E-state index contributed by atoms with van der Waals surface area (Å²) < 4.78 is 72.2. The molecule has 2 heterocycles. The lowest BCUT2D eigenvalue weighted by atomic mass is 10.1. The molecule has 0 saturated carbocycles. The van der Waals surface area contributed by atoms with Gasteiger partial charge < -0.3 is 4.74 Å². The minimum Gasteiger partial charge on any atom is -0.497 e. The molecule has 2 aromatic rings. The minimum atomic E-state index is -4.39. The molecule has 8 nitrogen and oxygen atoms in total. The molecule has 4 rings (SSSR count). The molecule has 0 unspecified atom stereocenters. The first kappa shape index (κ1) is 22.2. The molecule has 0 N–H and O–H groups in total. The van der Waals surface area contributed by atoms with Crippen LogP contribution < -0.4 is 9.64 Å². The maximum Gasteiger partial charge on any atom is 0.300 e. The Labute approximate surface area is 181 Å². The number of rotatable bonds is 5. The van der Waals surface area contributed by atoms with Gasteiger partial charge in [0.2, 0.25) is 10.0 Å². The molecular formula is C20H18F3N3O5S. The van der Waals surface area contributed by atoms with Gasteiger partial charge in [-0.05, 0) is 24.3 Å². The van der Waals surface area contributed by atoms with Crippen LogP contribution in [-0.2, 0) is 14.8 Å². The summed E-state index contributed by atoms with van der Waals surface area (Å²) in [7, 11) is -2.93. The van der Waals surface area contributed by atoms with Crippen LogP contribution in [0.4, 0.5) is 18.9 Å². The number of methoxy groups -OCH3 is 1. The molecule has 0 bridgehead atoms. The second kappa shape index (κ2) is 8.19. The Morgan fingerprint density at radius 1 is 0.969 bits per heavy atom. The number of sulfonamides is 1. The van der Waals surface area contributed by atoms with Crippen molar-refractivity contribution < 1.29 is 35.9 Å². The summed E-state index contributed by atoms with van der Waals surface area (Å²) in [5, 5.41) is 0. The Morgan fingerprint density at radius 2 is 1.66 bits per heavy atom. The number of carbonyl (C=O) groups excluding carboxylic acids is 2. The van der Waals surface area contributed by atoms with Crippen LogP contribution >= 0.6 is 0 Å². The van der Waals surface area contributed by atoms with Crippen LogP contribution in [0.5, 0.6) is 5.75 Å². The van der Waals surface area contributed by atoms with Crippen molar-refractivity contribution in [1.29, 1.82) is 0 Å². The number of ketones is 1. The maximum absolute atomic E-state index is 14.0. The zero-order chi connectivity index (χ0) is 23.2. The number of carbonyl (C=O) groups is 2. The molecule has 0 radical (unpaired) electrons. The van der Waals surface area contributed by atoms with Gasteiger partial charge in [0, 0.05) is 32.2 Å². The highest BCUT2D eigenvalue weighted by molar-refractivity contribution is 7.89. The predicted molar refractivity (Wildman–Crippen MR) is 106 cm³/mol. The Balaban J connectivity index is 1.48. The average Bonchev–Trinajstić information content (AvgIpc) is 3.02. The molecule has 0 aliphatic carbocycles. The number of ether oxygens (including phenoxy) is 1. The van der Waals surface area contributed by atoms with E-state index in [0.717, 1.165) is 4.31 Å². The molecule has 0 spiro atoms. The van der Waals surface area contributed by atoms with E-state index in [1.54, 1.807) is 17.0 Å². The van der Waals surface area contributed by atoms with Gasteiger partial charge in [0.05, 0.1) is 25.0 Å². The smallest absolute Gasteiger partial charge is 0.300 e. The third-order valence-electron chi connectivity index (χ3n) is 5.47. The van der Waals surface area contributed by atoms with E-state index >= 15 is 0 Å². The molecule has 170 valence electrons. The van der Waals surface area contributed by atoms with Crippen molar-refractivity contribution in [3.63, 3.8) is 0 Å². The third kappa shape index (κ3) is 3.63. The lowest BCUT2D eigenvalue weighted by Gasteiger charge is -2.35. The number of halogens is 3. The van der Waals surface area contributed by atoms with Crippen molar-refractivity contribution in [3.8, 4) is 5.75 Å². The second-order valence-electron chi connectivity index (χ2n) is 7.28. The van der Waals surface area contributed by atoms with Crippen molar-refractivity contribution in [2.24, 2.45) is 0 Å². The van der Waals surface area contributed by atoms with E-state index in [0.29, 0.717) is 23.6 Å². The van der Waals surface area contributed by atoms with Crippen LogP contribution in [0.1, 0.15) is 10.4 Å². The van der Waals surface area contributed by atoms with Crippen molar-refractivity contribution in [3.05, 3.63) is 53.3 Å². The fourth-order valence-electron chi connectivity index (χ4n) is 3.70. The number of amides is 1. The van der Waals surface area contributed by atoms with Crippen LogP contribution in [0.3, 0.4) is 0 Å². The molecule has 0 atom stereocenters. The summed E-state index contributed by atoms with van der Waals surface area (Å²) in [4.78, 5) is 26.8. The van der Waals surface area contributed by atoms with Gasteiger partial charge in [-0.3, -0.25) is 19.4 Å². The van der Waals surface area contributed by atoms with Gasteiger partial charge in [0.1, 0.15) is 10.6 Å². The average molecular weight is 469 g/mol. The number of hydrogen-bond acceptors (Lipinski definition) is 6. The van der Waals surface area contributed by atoms with E-state index in [9.17, 15) is 31.2 Å². The standard InChI is InChI=1S/C20H18F3N3O5S/c1-31-12-2-3-13-15(10-12)26(20(28)19(13)27)11-24-6-8-25(9-7-24)32(29,30)16-5-4-14(21)17(22)18(16)23/h2-5,10H,6-9,11H2,1H3. The summed E-state index contributed by atoms with van der Waals surface area (Å²) in [6, 6.07) is 5.91. The molecule has 1 amide bonds. The zero-order valence-electron chi connectivity index (χ0n) is 16.8. The van der Waals surface area contributed by atoms with E-state index < -0.39 is 44.1 Å². The topological polar surface area (TPSA) is 87.2 Å². The molecule has 1 saturated heterocycles. The first-order valence-electron chi connectivity index (χ1n) is 9.55. The summed E-state index contributed by atoms with van der Waals surface area (Å²) >= 11 is 0. The maximum atomic E-state index is 14.0. The molecule has 0 aromatic heterocycles. The Hall–Kier alpha value is -2.96. The van der Waals surface area contributed by atoms with Crippen molar-refractivity contribution in [2.75, 3.05) is 44.9 Å². The van der Waals surface area contributed by atoms with Crippen LogP contribution in [-0.4, -0.2) is 69.3 Å². The normalized spacial score (nSPS) is 17.7. The van der Waals surface area contributed by atoms with Crippen LogP contribution in [0.15, 0.2) is 35.2 Å². The van der Waals surface area contributed by atoms with Crippen molar-refractivity contribution in [1.82, 2.24) is 9.21 Å². The molecule has 2 aliphatic heterocycles. The van der Waals surface area contributed by atoms with Crippen LogP contribution in [0.2, 0.25) is 0 Å². The van der Waals surface area contributed by atoms with E-state index in [1.165, 1.54) is 18.1 Å². The van der Waals surface area contributed by atoms with Gasteiger partial charge in [-0.2, -0.15) is 4.31 Å². The molecule has 12 heteroatoms. The van der Waals surface area contributed by atoms with Gasteiger partial charge in [-0.25, -0.2) is 21.6 Å². The second-order valence-corrected chi connectivity index (χ2v) is 9.19. The van der Waals surface area contributed by atoms with E-state index in [2.05, 4.69) is 0 Å². The fraction of sp³-hybridized carbons (Fsp3) is 0.300. The number of Topliss-reactive ketones (excluding diaryl/α,β-unsaturated/α-hetero) is 1. The summed E-state index contributed by atoms with van der Waals surface area (Å²) in [5.41, 5.74) is 0.657. The number of piperazine rings is 1. The number of benzene rings is 2. The van der Waals surface area contributed by atoms with Crippen LogP contribution in [0, 0.1) is 17.5 Å². The van der Waals surface area contributed by atoms with E-state index in [-0.39, 0.29) is 38.4 Å². The van der Waals surface area contributed by atoms with E-state index in [1.807, 2.05) is 0 Å². The fourth-order valence-corrected chi connectivity index (χ4v) is 5.18. The van der Waals surface area contributed by atoms with Gasteiger partial charge >= 0.3 is 5.91 Å². The molecule has 2 aromatic carbocycles. The van der Waals surface area contributed by atoms with Gasteiger partial charge in [-0.15, -0.1) is 0 Å². The highest BCUT2D eigenvalue weighted by Crippen LogP contribution is 2.33. The summed E-state index contributed by atoms with van der Waals surface area (Å²) in [5.74, 6) is -5.96. The molecule has 2 aliphatic rings. The Morgan fingerprint density at radius 3 is 2.31 bits per heavy atom. The third-order valence-corrected chi connectivity index (χ3v) is 7.39. The predicted octanol–water partition coefficient (Wildman–Crippen LogP) is 1.61. The SMILES string of the molecule is COc1ccc2c(c1)N(CN1CCN(S(=O)(=O)c3ccc(F)c(F)c3F)CC1)C(=O)C2=O. The molecule has 32 heavy (non-hydrogen) atoms. The lowest BCUT2D eigenvalue weighted by Crippen LogP contribution is -2.52. The molecule has 1 fully saturated rings. The highest BCUT2D eigenvalue weighted by atomic mass is 32.2. The van der Waals surface area contributed by atoms with Gasteiger partial charge in [-0.1, -0.05) is 0 Å². The summed E-state index contributed by atoms with van der Waals surface area (Å²) in [6.07, 6.45) is 0. The van der Waals surface area contributed by atoms with E-state index in [4.69, 9.17) is 4.74 Å². The summed E-state index contributed by atoms with van der Waals surface area (Å²) in [6.45, 7) is 0.241. The zero-order valence-corrected chi connectivity index (χ0v) is 17.7. The van der Waals surface area contributed by atoms with Crippen molar-refractivity contribution in [2.45, 2.75) is 4.90 Å². The Kier molecular flexibility index (Phi) is 5.69. The van der Waals surface area contributed by atoms with Gasteiger partial charge in [0.25, 0.3) is 5.78 Å². The minimum absolute atomic E-state index is 0.0398. The number of nitrogens with zero attached hydrogens (tertiary/aromatic N) is 3. The first-order valence-corrected chi connectivity index (χ1v) is 11.0. The van der Waals surface area contributed by atoms with Crippen LogP contribution in [0.25, 0.3) is 0 Å². The largest absolute Gasteiger partial charge is 0.497 e. The highest BCUT2D eigenvalue weighted by Gasteiger charge is 2.38. The van der Waals surface area contributed by atoms with Crippen molar-refractivity contribution >= 4 is 27.4 Å². The number of anilines is 1. The monoisotopic (exact) mass is 469 g/mol. The van der Waals surface area contributed by atoms with Gasteiger partial charge in [0.15, 0.2) is 17.5 Å². The number of hydrogen-bond donors (Lipinski definition) is 0. The molecular weight excluding hydrogens is 451 g/mol. The lowest BCUT2D eigenvalue weighted by molar-refractivity contribution is -0.114. The number of fused-ring (bicyclic) bond motifs is 1. The Bertz CT molecular complexity index is 1210. The first-order chi connectivity index (χ1) is 15.1.